The number of fused-ring (bicyclic) bond motifs is 1. The van der Waals surface area contributed by atoms with E-state index in [0.717, 1.165) is 47.9 Å². The van der Waals surface area contributed by atoms with E-state index in [0.29, 0.717) is 0 Å². The van der Waals surface area contributed by atoms with Gasteiger partial charge in [-0.15, -0.1) is 10.2 Å². The van der Waals surface area contributed by atoms with Gasteiger partial charge in [-0.3, -0.25) is 4.79 Å². The summed E-state index contributed by atoms with van der Waals surface area (Å²) in [4.78, 5) is 13.3. The highest BCUT2D eigenvalue weighted by atomic mass is 32.2. The molecule has 1 unspecified atom stereocenters. The van der Waals surface area contributed by atoms with E-state index in [1.54, 1.807) is 0 Å². The standard InChI is InChI=1S/C22H23N5OS/c28-20(23-17-12-6-2-7-13-17)18-22(14-8-3-9-15-22)26-27-19(24-25-21(27)29-18)16-10-4-1-5-11-16/h1-2,4-7,10-13,18,26H,3,8-9,14-15H2,(H,23,28). The number of aromatic nitrogens is 3. The monoisotopic (exact) mass is 405 g/mol. The van der Waals surface area contributed by atoms with Crippen LogP contribution in [0.2, 0.25) is 0 Å². The molecule has 1 aromatic heterocycles. The van der Waals surface area contributed by atoms with Crippen molar-refractivity contribution < 1.29 is 4.79 Å². The number of para-hydroxylation sites is 1. The molecule has 1 saturated carbocycles. The van der Waals surface area contributed by atoms with Crippen LogP contribution in [0.5, 0.6) is 0 Å². The van der Waals surface area contributed by atoms with Crippen LogP contribution >= 0.6 is 11.8 Å². The van der Waals surface area contributed by atoms with Gasteiger partial charge in [-0.25, -0.2) is 4.68 Å². The maximum absolute atomic E-state index is 13.3. The van der Waals surface area contributed by atoms with Gasteiger partial charge in [0, 0.05) is 11.3 Å². The molecule has 1 amide bonds. The van der Waals surface area contributed by atoms with Gasteiger partial charge in [-0.2, -0.15) is 0 Å². The molecule has 2 aromatic carbocycles. The summed E-state index contributed by atoms with van der Waals surface area (Å²) in [5.41, 5.74) is 5.21. The topological polar surface area (TPSA) is 71.8 Å². The Hall–Kier alpha value is -2.80. The third kappa shape index (κ3) is 3.40. The Bertz CT molecular complexity index is 999. The van der Waals surface area contributed by atoms with Crippen molar-refractivity contribution in [2.75, 3.05) is 10.7 Å². The second-order valence-corrected chi connectivity index (χ2v) is 8.76. The summed E-state index contributed by atoms with van der Waals surface area (Å²) in [6.45, 7) is 0. The Morgan fingerprint density at radius 1 is 1.00 bits per heavy atom. The number of rotatable bonds is 3. The molecular weight excluding hydrogens is 382 g/mol. The van der Waals surface area contributed by atoms with Crippen molar-refractivity contribution in [3.05, 3.63) is 60.7 Å². The average molecular weight is 406 g/mol. The molecule has 2 heterocycles. The fourth-order valence-electron chi connectivity index (χ4n) is 4.31. The number of hydrogen-bond acceptors (Lipinski definition) is 5. The minimum absolute atomic E-state index is 0.0195. The molecule has 5 rings (SSSR count). The first-order valence-corrected chi connectivity index (χ1v) is 10.9. The van der Waals surface area contributed by atoms with Crippen molar-refractivity contribution in [3.8, 4) is 11.4 Å². The van der Waals surface area contributed by atoms with Gasteiger partial charge in [0.25, 0.3) is 0 Å². The van der Waals surface area contributed by atoms with Crippen LogP contribution in [0.4, 0.5) is 5.69 Å². The minimum Gasteiger partial charge on any atom is -0.325 e. The Labute approximate surface area is 174 Å². The fraction of sp³-hybridized carbons (Fsp3) is 0.318. The van der Waals surface area contributed by atoms with E-state index in [4.69, 9.17) is 0 Å². The lowest BCUT2D eigenvalue weighted by atomic mass is 9.79. The molecule has 1 atom stereocenters. The lowest BCUT2D eigenvalue weighted by molar-refractivity contribution is -0.117. The summed E-state index contributed by atoms with van der Waals surface area (Å²) in [7, 11) is 0. The van der Waals surface area contributed by atoms with Crippen molar-refractivity contribution in [1.29, 1.82) is 0 Å². The van der Waals surface area contributed by atoms with E-state index in [-0.39, 0.29) is 16.7 Å². The molecule has 1 aliphatic carbocycles. The number of carbonyl (C=O) groups is 1. The van der Waals surface area contributed by atoms with Gasteiger partial charge < -0.3 is 10.7 Å². The molecule has 3 aromatic rings. The highest BCUT2D eigenvalue weighted by Crippen LogP contribution is 2.44. The second kappa shape index (κ2) is 7.55. The zero-order chi connectivity index (χ0) is 19.7. The molecule has 29 heavy (non-hydrogen) atoms. The summed E-state index contributed by atoms with van der Waals surface area (Å²) in [6.07, 6.45) is 5.35. The largest absolute Gasteiger partial charge is 0.325 e. The van der Waals surface area contributed by atoms with Crippen LogP contribution in [0.15, 0.2) is 65.8 Å². The maximum Gasteiger partial charge on any atom is 0.240 e. The smallest absolute Gasteiger partial charge is 0.240 e. The van der Waals surface area contributed by atoms with Crippen LogP contribution < -0.4 is 10.7 Å². The van der Waals surface area contributed by atoms with Gasteiger partial charge in [-0.1, -0.05) is 79.6 Å². The Kier molecular flexibility index (Phi) is 4.75. The fourth-order valence-corrected chi connectivity index (χ4v) is 5.53. The molecule has 2 aliphatic rings. The van der Waals surface area contributed by atoms with E-state index in [2.05, 4.69) is 20.9 Å². The van der Waals surface area contributed by atoms with Gasteiger partial charge in [-0.05, 0) is 25.0 Å². The molecule has 0 saturated heterocycles. The number of thioether (sulfide) groups is 1. The van der Waals surface area contributed by atoms with Crippen molar-refractivity contribution in [2.45, 2.75) is 48.0 Å². The first-order chi connectivity index (χ1) is 14.3. The van der Waals surface area contributed by atoms with Crippen LogP contribution in [0.25, 0.3) is 11.4 Å². The highest BCUT2D eigenvalue weighted by molar-refractivity contribution is 8.00. The molecule has 1 fully saturated rings. The molecular formula is C22H23N5OS. The molecule has 1 aliphatic heterocycles. The number of anilines is 1. The first-order valence-electron chi connectivity index (χ1n) is 10.1. The zero-order valence-electron chi connectivity index (χ0n) is 16.0. The maximum atomic E-state index is 13.3. The number of amides is 1. The van der Waals surface area contributed by atoms with E-state index in [1.807, 2.05) is 65.3 Å². The molecule has 1 spiro atoms. The predicted octanol–water partition coefficient (Wildman–Crippen LogP) is 4.30. The molecule has 0 bridgehead atoms. The summed E-state index contributed by atoms with van der Waals surface area (Å²) >= 11 is 1.52. The SMILES string of the molecule is O=C(Nc1ccccc1)C1Sc2nnc(-c3ccccc3)n2NC12CCCCC2. The van der Waals surface area contributed by atoms with E-state index < -0.39 is 0 Å². The normalized spacial score (nSPS) is 19.9. The third-order valence-corrected chi connectivity index (χ3v) is 7.13. The number of nitrogens with one attached hydrogen (secondary N) is 2. The lowest BCUT2D eigenvalue weighted by Crippen LogP contribution is -2.59. The van der Waals surface area contributed by atoms with Crippen molar-refractivity contribution >= 4 is 23.4 Å². The van der Waals surface area contributed by atoms with Crippen molar-refractivity contribution in [1.82, 2.24) is 14.9 Å². The van der Waals surface area contributed by atoms with Gasteiger partial charge in [0.2, 0.25) is 11.1 Å². The predicted molar refractivity (Wildman–Crippen MR) is 115 cm³/mol. The molecule has 7 heteroatoms. The van der Waals surface area contributed by atoms with Crippen LogP contribution in [0, 0.1) is 0 Å². The van der Waals surface area contributed by atoms with Gasteiger partial charge in [0.1, 0.15) is 5.25 Å². The lowest BCUT2D eigenvalue weighted by Gasteiger charge is -2.46. The van der Waals surface area contributed by atoms with Gasteiger partial charge in [0.05, 0.1) is 5.54 Å². The Morgan fingerprint density at radius 2 is 1.69 bits per heavy atom. The summed E-state index contributed by atoms with van der Waals surface area (Å²) in [6, 6.07) is 19.7. The number of hydrogen-bond donors (Lipinski definition) is 2. The van der Waals surface area contributed by atoms with E-state index in [9.17, 15) is 4.79 Å². The molecule has 148 valence electrons. The Balaban J connectivity index is 1.50. The van der Waals surface area contributed by atoms with Crippen molar-refractivity contribution in [2.24, 2.45) is 0 Å². The van der Waals surface area contributed by atoms with Gasteiger partial charge >= 0.3 is 0 Å². The Morgan fingerprint density at radius 3 is 2.41 bits per heavy atom. The molecule has 0 radical (unpaired) electrons. The second-order valence-electron chi connectivity index (χ2n) is 7.69. The highest BCUT2D eigenvalue weighted by Gasteiger charge is 2.49. The van der Waals surface area contributed by atoms with Crippen LogP contribution in [-0.2, 0) is 4.79 Å². The summed E-state index contributed by atoms with van der Waals surface area (Å²) < 4.78 is 1.98. The van der Waals surface area contributed by atoms with Crippen LogP contribution in [0.3, 0.4) is 0 Å². The van der Waals surface area contributed by atoms with Crippen molar-refractivity contribution in [3.63, 3.8) is 0 Å². The first kappa shape index (κ1) is 18.2. The minimum atomic E-state index is -0.305. The zero-order valence-corrected chi connectivity index (χ0v) is 16.9. The van der Waals surface area contributed by atoms with Crippen LogP contribution in [0.1, 0.15) is 32.1 Å². The molecule has 6 nitrogen and oxygen atoms in total. The summed E-state index contributed by atoms with van der Waals surface area (Å²) in [5, 5.41) is 12.4. The average Bonchev–Trinajstić information content (AvgIpc) is 3.17. The molecule has 2 N–H and O–H groups in total. The third-order valence-electron chi connectivity index (χ3n) is 5.75. The van der Waals surface area contributed by atoms with E-state index >= 15 is 0 Å². The quantitative estimate of drug-likeness (QED) is 0.680. The number of benzene rings is 2. The van der Waals surface area contributed by atoms with Crippen LogP contribution in [-0.4, -0.2) is 31.6 Å². The van der Waals surface area contributed by atoms with Gasteiger partial charge in [0.15, 0.2) is 5.82 Å². The number of carbonyl (C=O) groups excluding carboxylic acids is 1. The van der Waals surface area contributed by atoms with E-state index in [1.165, 1.54) is 18.2 Å². The summed E-state index contributed by atoms with van der Waals surface area (Å²) in [5.74, 6) is 0.811. The number of nitrogens with zero attached hydrogens (tertiary/aromatic N) is 3.